The lowest BCUT2D eigenvalue weighted by Crippen LogP contribution is -2.24. The quantitative estimate of drug-likeness (QED) is 0.610. The Balaban J connectivity index is 1.49. The predicted octanol–water partition coefficient (Wildman–Crippen LogP) is 2.51. The summed E-state index contributed by atoms with van der Waals surface area (Å²) in [4.78, 5) is 20.8. The number of nitrogens with zero attached hydrogens (tertiary/aromatic N) is 4. The maximum atomic E-state index is 12.4. The molecule has 0 aliphatic rings. The van der Waals surface area contributed by atoms with Gasteiger partial charge in [0.1, 0.15) is 11.5 Å². The van der Waals surface area contributed by atoms with Gasteiger partial charge in [-0.3, -0.25) is 9.78 Å². The molecule has 0 spiro atoms. The van der Waals surface area contributed by atoms with Crippen molar-refractivity contribution in [3.05, 3.63) is 59.9 Å². The van der Waals surface area contributed by atoms with Crippen molar-refractivity contribution >= 4 is 16.7 Å². The first-order valence-corrected chi connectivity index (χ1v) is 7.59. The minimum atomic E-state index is -0.311. The van der Waals surface area contributed by atoms with E-state index in [1.807, 2.05) is 30.3 Å². The van der Waals surface area contributed by atoms with Crippen LogP contribution in [0.5, 0.6) is 0 Å². The Morgan fingerprint density at radius 1 is 1.16 bits per heavy atom. The van der Waals surface area contributed by atoms with Crippen molar-refractivity contribution in [1.29, 1.82) is 0 Å². The first-order chi connectivity index (χ1) is 12.2. The Kier molecular flexibility index (Phi) is 3.70. The van der Waals surface area contributed by atoms with Crippen molar-refractivity contribution in [1.82, 2.24) is 25.6 Å². The average molecular weight is 335 g/mol. The van der Waals surface area contributed by atoms with E-state index in [9.17, 15) is 4.79 Å². The molecule has 0 fully saturated rings. The monoisotopic (exact) mass is 335 g/mol. The van der Waals surface area contributed by atoms with E-state index in [0.29, 0.717) is 23.0 Å². The topological polar surface area (TPSA) is 107 Å². The Morgan fingerprint density at radius 3 is 2.88 bits per heavy atom. The molecule has 1 aromatic carbocycles. The molecule has 4 aromatic rings. The van der Waals surface area contributed by atoms with Crippen LogP contribution in [0.2, 0.25) is 0 Å². The van der Waals surface area contributed by atoms with Gasteiger partial charge in [0.15, 0.2) is 5.69 Å². The maximum absolute atomic E-state index is 12.4. The summed E-state index contributed by atoms with van der Waals surface area (Å²) < 4.78 is 10.1. The molecule has 3 aromatic heterocycles. The largest absolute Gasteiger partial charge is 0.361 e. The summed E-state index contributed by atoms with van der Waals surface area (Å²) in [6.07, 6.45) is 1.61. The number of pyridine rings is 1. The fraction of sp³-hybridized carbons (Fsp3) is 0.118. The fourth-order valence-corrected chi connectivity index (χ4v) is 2.44. The molecule has 0 saturated heterocycles. The third kappa shape index (κ3) is 2.97. The highest BCUT2D eigenvalue weighted by Crippen LogP contribution is 2.17. The summed E-state index contributed by atoms with van der Waals surface area (Å²) in [6.45, 7) is 1.86. The molecule has 0 atom stereocenters. The Morgan fingerprint density at radius 2 is 2.04 bits per heavy atom. The van der Waals surface area contributed by atoms with Gasteiger partial charge in [0.25, 0.3) is 5.91 Å². The van der Waals surface area contributed by atoms with Gasteiger partial charge < -0.3 is 14.4 Å². The van der Waals surface area contributed by atoms with Crippen molar-refractivity contribution in [2.24, 2.45) is 0 Å². The predicted molar refractivity (Wildman–Crippen MR) is 87.4 cm³/mol. The van der Waals surface area contributed by atoms with Gasteiger partial charge in [-0.15, -0.1) is 0 Å². The standard InChI is InChI=1S/C17H13N5O3/c1-10-8-13(21-24-10)16-20-14(25-22-16)9-19-17(23)15-12-5-3-2-4-11(12)6-7-18-15/h2-8H,9H2,1H3,(H,19,23). The van der Waals surface area contributed by atoms with Crippen LogP contribution in [0.25, 0.3) is 22.3 Å². The minimum absolute atomic E-state index is 0.0908. The molecule has 8 heteroatoms. The smallest absolute Gasteiger partial charge is 0.270 e. The van der Waals surface area contributed by atoms with Crippen LogP contribution in [0.3, 0.4) is 0 Å². The van der Waals surface area contributed by atoms with Crippen LogP contribution in [0, 0.1) is 6.92 Å². The lowest BCUT2D eigenvalue weighted by molar-refractivity contribution is 0.0943. The summed E-state index contributed by atoms with van der Waals surface area (Å²) in [5.41, 5.74) is 0.833. The van der Waals surface area contributed by atoms with Gasteiger partial charge in [0, 0.05) is 17.6 Å². The zero-order valence-corrected chi connectivity index (χ0v) is 13.3. The van der Waals surface area contributed by atoms with E-state index in [1.165, 1.54) is 0 Å². The second-order valence-electron chi connectivity index (χ2n) is 5.40. The molecule has 0 saturated carbocycles. The number of carbonyl (C=O) groups is 1. The third-order valence-electron chi connectivity index (χ3n) is 3.61. The fourth-order valence-electron chi connectivity index (χ4n) is 2.44. The molecule has 124 valence electrons. The molecule has 4 rings (SSSR count). The second kappa shape index (κ2) is 6.16. The Labute approximate surface area is 141 Å². The van der Waals surface area contributed by atoms with Crippen molar-refractivity contribution in [3.63, 3.8) is 0 Å². The lowest BCUT2D eigenvalue weighted by Gasteiger charge is -2.05. The molecule has 3 heterocycles. The number of nitrogens with one attached hydrogen (secondary N) is 1. The molecule has 0 aliphatic carbocycles. The number of aromatic nitrogens is 4. The van der Waals surface area contributed by atoms with E-state index in [2.05, 4.69) is 25.6 Å². The first kappa shape index (κ1) is 15.0. The highest BCUT2D eigenvalue weighted by atomic mass is 16.5. The highest BCUT2D eigenvalue weighted by molar-refractivity contribution is 6.05. The van der Waals surface area contributed by atoms with E-state index < -0.39 is 0 Å². The highest BCUT2D eigenvalue weighted by Gasteiger charge is 2.15. The van der Waals surface area contributed by atoms with Gasteiger partial charge in [-0.2, -0.15) is 4.98 Å². The number of carbonyl (C=O) groups excluding carboxylic acids is 1. The van der Waals surface area contributed by atoms with Crippen LogP contribution in [0.4, 0.5) is 0 Å². The van der Waals surface area contributed by atoms with Crippen molar-refractivity contribution in [2.75, 3.05) is 0 Å². The van der Waals surface area contributed by atoms with Crippen molar-refractivity contribution in [3.8, 4) is 11.5 Å². The molecule has 0 unspecified atom stereocenters. The van der Waals surface area contributed by atoms with Crippen LogP contribution < -0.4 is 5.32 Å². The van der Waals surface area contributed by atoms with Crippen LogP contribution >= 0.6 is 0 Å². The number of rotatable bonds is 4. The molecule has 0 bridgehead atoms. The van der Waals surface area contributed by atoms with E-state index in [4.69, 9.17) is 9.05 Å². The first-order valence-electron chi connectivity index (χ1n) is 7.59. The summed E-state index contributed by atoms with van der Waals surface area (Å²) in [7, 11) is 0. The van der Waals surface area contributed by atoms with Gasteiger partial charge in [-0.1, -0.05) is 34.6 Å². The van der Waals surface area contributed by atoms with E-state index >= 15 is 0 Å². The van der Waals surface area contributed by atoms with E-state index in [-0.39, 0.29) is 18.3 Å². The number of benzene rings is 1. The summed E-state index contributed by atoms with van der Waals surface area (Å²) >= 11 is 0. The SMILES string of the molecule is Cc1cc(-c2noc(CNC(=O)c3nccc4ccccc34)n2)no1. The van der Waals surface area contributed by atoms with Crippen LogP contribution in [0.1, 0.15) is 22.1 Å². The summed E-state index contributed by atoms with van der Waals surface area (Å²) in [6, 6.07) is 11.1. The number of fused-ring (bicyclic) bond motifs is 1. The third-order valence-corrected chi connectivity index (χ3v) is 3.61. The molecule has 0 aliphatic heterocycles. The molecular formula is C17H13N5O3. The van der Waals surface area contributed by atoms with Crippen LogP contribution in [-0.2, 0) is 6.54 Å². The normalized spacial score (nSPS) is 10.9. The van der Waals surface area contributed by atoms with E-state index in [0.717, 1.165) is 10.8 Å². The molecule has 0 radical (unpaired) electrons. The number of amides is 1. The molecule has 25 heavy (non-hydrogen) atoms. The molecular weight excluding hydrogens is 322 g/mol. The zero-order valence-electron chi connectivity index (χ0n) is 13.3. The number of aryl methyl sites for hydroxylation is 1. The molecule has 1 N–H and O–H groups in total. The number of hydrogen-bond acceptors (Lipinski definition) is 7. The van der Waals surface area contributed by atoms with Crippen LogP contribution in [0.15, 0.2) is 51.6 Å². The second-order valence-corrected chi connectivity index (χ2v) is 5.40. The zero-order chi connectivity index (χ0) is 17.2. The minimum Gasteiger partial charge on any atom is -0.361 e. The summed E-state index contributed by atoms with van der Waals surface area (Å²) in [5.74, 6) is 0.916. The van der Waals surface area contributed by atoms with Gasteiger partial charge in [0.2, 0.25) is 11.7 Å². The van der Waals surface area contributed by atoms with E-state index in [1.54, 1.807) is 19.2 Å². The van der Waals surface area contributed by atoms with Gasteiger partial charge in [-0.05, 0) is 18.4 Å². The van der Waals surface area contributed by atoms with Gasteiger partial charge in [0.05, 0.1) is 6.54 Å². The maximum Gasteiger partial charge on any atom is 0.270 e. The van der Waals surface area contributed by atoms with Gasteiger partial charge in [-0.25, -0.2) is 0 Å². The van der Waals surface area contributed by atoms with Crippen molar-refractivity contribution in [2.45, 2.75) is 13.5 Å². The Hall–Kier alpha value is -3.55. The van der Waals surface area contributed by atoms with Crippen molar-refractivity contribution < 1.29 is 13.8 Å². The summed E-state index contributed by atoms with van der Waals surface area (Å²) in [5, 5.41) is 12.1. The average Bonchev–Trinajstić information content (AvgIpc) is 3.28. The van der Waals surface area contributed by atoms with Crippen LogP contribution in [-0.4, -0.2) is 26.2 Å². The molecule has 8 nitrogen and oxygen atoms in total. The number of hydrogen-bond donors (Lipinski definition) is 1. The lowest BCUT2D eigenvalue weighted by atomic mass is 10.1. The molecule has 1 amide bonds. The van der Waals surface area contributed by atoms with Gasteiger partial charge >= 0.3 is 0 Å². The Bertz CT molecular complexity index is 1050.